The molecule has 10 aromatic rings. The van der Waals surface area contributed by atoms with Gasteiger partial charge in [0.2, 0.25) is 0 Å². The summed E-state index contributed by atoms with van der Waals surface area (Å²) in [5.74, 6) is 1.95. The maximum atomic E-state index is 5.09. The average molecular weight is 651 g/mol. The van der Waals surface area contributed by atoms with Crippen LogP contribution in [-0.4, -0.2) is 19.5 Å². The van der Waals surface area contributed by atoms with E-state index >= 15 is 0 Å². The first-order chi connectivity index (χ1) is 25.3. The van der Waals surface area contributed by atoms with Crippen molar-refractivity contribution in [1.82, 2.24) is 19.5 Å². The van der Waals surface area contributed by atoms with Gasteiger partial charge in [-0.05, 0) is 63.7 Å². The van der Waals surface area contributed by atoms with Crippen molar-refractivity contribution in [1.29, 1.82) is 0 Å². The van der Waals surface area contributed by atoms with Crippen LogP contribution in [0, 0.1) is 0 Å². The van der Waals surface area contributed by atoms with E-state index in [1.54, 1.807) is 0 Å². The van der Waals surface area contributed by atoms with Crippen molar-refractivity contribution in [2.75, 3.05) is 0 Å². The van der Waals surface area contributed by atoms with E-state index in [1.807, 2.05) is 60.7 Å². The Labute approximate surface area is 295 Å². The summed E-state index contributed by atoms with van der Waals surface area (Å²) < 4.78 is 2.42. The van der Waals surface area contributed by atoms with Crippen LogP contribution >= 0.6 is 0 Å². The molecule has 4 heteroatoms. The lowest BCUT2D eigenvalue weighted by molar-refractivity contribution is 1.08. The van der Waals surface area contributed by atoms with E-state index in [-0.39, 0.29) is 0 Å². The highest BCUT2D eigenvalue weighted by Gasteiger charge is 2.18. The number of fused-ring (bicyclic) bond motifs is 5. The van der Waals surface area contributed by atoms with Crippen LogP contribution in [0.3, 0.4) is 0 Å². The van der Waals surface area contributed by atoms with Gasteiger partial charge in [0, 0.05) is 32.8 Å². The van der Waals surface area contributed by atoms with E-state index in [9.17, 15) is 0 Å². The van der Waals surface area contributed by atoms with Crippen LogP contribution in [0.2, 0.25) is 0 Å². The number of benzene rings is 8. The smallest absolute Gasteiger partial charge is 0.164 e. The Morgan fingerprint density at radius 3 is 1.59 bits per heavy atom. The van der Waals surface area contributed by atoms with Crippen LogP contribution in [0.1, 0.15) is 0 Å². The van der Waals surface area contributed by atoms with Gasteiger partial charge in [-0.1, -0.05) is 146 Å². The first kappa shape index (κ1) is 29.0. The molecule has 2 aromatic heterocycles. The predicted octanol–water partition coefficient (Wildman–Crippen LogP) is 11.9. The quantitative estimate of drug-likeness (QED) is 0.174. The molecule has 0 aliphatic rings. The van der Waals surface area contributed by atoms with Crippen molar-refractivity contribution >= 4 is 43.4 Å². The summed E-state index contributed by atoms with van der Waals surface area (Å²) in [5, 5.41) is 7.03. The minimum atomic E-state index is 0.649. The zero-order chi connectivity index (χ0) is 33.7. The Bertz CT molecular complexity index is 2840. The molecule has 0 aliphatic carbocycles. The van der Waals surface area contributed by atoms with Crippen LogP contribution in [0.4, 0.5) is 0 Å². The number of rotatable bonds is 5. The van der Waals surface area contributed by atoms with E-state index in [4.69, 9.17) is 15.0 Å². The lowest BCUT2D eigenvalue weighted by atomic mass is 9.98. The molecule has 238 valence electrons. The number of aromatic nitrogens is 4. The first-order valence-electron chi connectivity index (χ1n) is 17.2. The number of hydrogen-bond donors (Lipinski definition) is 0. The highest BCUT2D eigenvalue weighted by molar-refractivity contribution is 6.13. The Balaban J connectivity index is 1.21. The molecule has 0 fully saturated rings. The highest BCUT2D eigenvalue weighted by atomic mass is 15.0. The van der Waals surface area contributed by atoms with Gasteiger partial charge in [-0.25, -0.2) is 15.0 Å². The molecule has 0 aliphatic heterocycles. The molecule has 0 amide bonds. The van der Waals surface area contributed by atoms with Crippen LogP contribution in [-0.2, 0) is 0 Å². The van der Waals surface area contributed by atoms with Crippen molar-refractivity contribution in [2.24, 2.45) is 0 Å². The maximum Gasteiger partial charge on any atom is 0.164 e. The summed E-state index contributed by atoms with van der Waals surface area (Å²) in [6.45, 7) is 0. The number of nitrogens with zero attached hydrogens (tertiary/aromatic N) is 4. The van der Waals surface area contributed by atoms with Gasteiger partial charge in [0.25, 0.3) is 0 Å². The molecule has 4 nitrogen and oxygen atoms in total. The van der Waals surface area contributed by atoms with Gasteiger partial charge in [0.1, 0.15) is 0 Å². The fraction of sp³-hybridized carbons (Fsp3) is 0. The van der Waals surface area contributed by atoms with Gasteiger partial charge in [0.15, 0.2) is 17.5 Å². The normalized spacial score (nSPS) is 11.5. The molecule has 10 rings (SSSR count). The van der Waals surface area contributed by atoms with Gasteiger partial charge >= 0.3 is 0 Å². The zero-order valence-electron chi connectivity index (χ0n) is 27.6. The Morgan fingerprint density at radius 2 is 0.882 bits per heavy atom. The first-order valence-corrected chi connectivity index (χ1v) is 17.2. The van der Waals surface area contributed by atoms with Crippen LogP contribution < -0.4 is 0 Å². The molecule has 0 atom stereocenters. The molecule has 8 aromatic carbocycles. The molecule has 0 N–H and O–H groups in total. The summed E-state index contributed by atoms with van der Waals surface area (Å²) >= 11 is 0. The monoisotopic (exact) mass is 650 g/mol. The second-order valence-electron chi connectivity index (χ2n) is 12.9. The molecule has 0 unspecified atom stereocenters. The summed E-state index contributed by atoms with van der Waals surface area (Å²) in [6.07, 6.45) is 0. The fourth-order valence-corrected chi connectivity index (χ4v) is 7.40. The SMILES string of the molecule is c1ccc(-c2ccc3c(c2)c2ccccc2n3-c2cccc3cc4cccc(-c5nc(-c6ccccc6)nc(-c6ccccc6)n5)c4cc23)cc1. The van der Waals surface area contributed by atoms with E-state index < -0.39 is 0 Å². The topological polar surface area (TPSA) is 43.6 Å². The van der Waals surface area contributed by atoms with Gasteiger partial charge in [-0.3, -0.25) is 0 Å². The van der Waals surface area contributed by atoms with Gasteiger partial charge < -0.3 is 4.57 Å². The summed E-state index contributed by atoms with van der Waals surface area (Å²) in [6, 6.07) is 64.0. The molecule has 0 radical (unpaired) electrons. The summed E-state index contributed by atoms with van der Waals surface area (Å²) in [7, 11) is 0. The molecular formula is C47H30N4. The molecule has 0 spiro atoms. The van der Waals surface area contributed by atoms with E-state index in [2.05, 4.69) is 126 Å². The highest BCUT2D eigenvalue weighted by Crippen LogP contribution is 2.39. The molecule has 0 saturated carbocycles. The molecule has 0 bridgehead atoms. The van der Waals surface area contributed by atoms with E-state index in [1.165, 1.54) is 38.3 Å². The second kappa shape index (κ2) is 11.9. The predicted molar refractivity (Wildman–Crippen MR) is 211 cm³/mol. The second-order valence-corrected chi connectivity index (χ2v) is 12.9. The lowest BCUT2D eigenvalue weighted by Crippen LogP contribution is -2.00. The molecule has 0 saturated heterocycles. The minimum Gasteiger partial charge on any atom is -0.309 e. The van der Waals surface area contributed by atoms with Gasteiger partial charge in [-0.15, -0.1) is 0 Å². The van der Waals surface area contributed by atoms with Crippen LogP contribution in [0.25, 0.3) is 94.3 Å². The molecular weight excluding hydrogens is 621 g/mol. The Hall–Kier alpha value is -6.91. The summed E-state index contributed by atoms with van der Waals surface area (Å²) in [5.41, 5.74) is 8.78. The standard InChI is InChI=1S/C47H30N4/c1-4-14-31(15-5-1)34-26-27-44-41(29-34)37-22-10-11-24-42(37)51(44)43-25-13-21-36-28-35-20-12-23-38(39(35)30-40(36)43)47-49-45(32-16-6-2-7-17-32)48-46(50-47)33-18-8-3-9-19-33/h1-30H. The molecule has 51 heavy (non-hydrogen) atoms. The zero-order valence-corrected chi connectivity index (χ0v) is 27.6. The van der Waals surface area contributed by atoms with Crippen molar-refractivity contribution in [3.8, 4) is 51.0 Å². The Kier molecular flexibility index (Phi) is 6.78. The number of hydrogen-bond acceptors (Lipinski definition) is 3. The van der Waals surface area contributed by atoms with E-state index in [0.717, 1.165) is 38.5 Å². The van der Waals surface area contributed by atoms with Crippen LogP contribution in [0.5, 0.6) is 0 Å². The average Bonchev–Trinajstić information content (AvgIpc) is 3.54. The van der Waals surface area contributed by atoms with Gasteiger partial charge in [-0.2, -0.15) is 0 Å². The number of para-hydroxylation sites is 1. The largest absolute Gasteiger partial charge is 0.309 e. The summed E-state index contributed by atoms with van der Waals surface area (Å²) in [4.78, 5) is 15.1. The molecule has 2 heterocycles. The van der Waals surface area contributed by atoms with Crippen molar-refractivity contribution in [3.05, 3.63) is 182 Å². The lowest BCUT2D eigenvalue weighted by Gasteiger charge is -2.14. The van der Waals surface area contributed by atoms with Crippen LogP contribution in [0.15, 0.2) is 182 Å². The maximum absolute atomic E-state index is 5.09. The third-order valence-corrected chi connectivity index (χ3v) is 9.82. The Morgan fingerprint density at radius 1 is 0.314 bits per heavy atom. The van der Waals surface area contributed by atoms with E-state index in [0.29, 0.717) is 17.5 Å². The fourth-order valence-electron chi connectivity index (χ4n) is 7.40. The van der Waals surface area contributed by atoms with Gasteiger partial charge in [0.05, 0.1) is 16.7 Å². The third-order valence-electron chi connectivity index (χ3n) is 9.82. The minimum absolute atomic E-state index is 0.649. The van der Waals surface area contributed by atoms with Crippen molar-refractivity contribution < 1.29 is 0 Å². The van der Waals surface area contributed by atoms with Crippen molar-refractivity contribution in [2.45, 2.75) is 0 Å². The third kappa shape index (κ3) is 4.96. The van der Waals surface area contributed by atoms with Crippen molar-refractivity contribution in [3.63, 3.8) is 0 Å².